The minimum Gasteiger partial charge on any atom is -0.488 e. The first-order chi connectivity index (χ1) is 10.5. The number of nitrogen functional groups attached to an aromatic ring is 1. The van der Waals surface area contributed by atoms with Crippen molar-refractivity contribution in [2.45, 2.75) is 6.61 Å². The number of nitro groups is 1. The smallest absolute Gasteiger partial charge is 0.270 e. The molecule has 0 heterocycles. The van der Waals surface area contributed by atoms with Crippen molar-refractivity contribution < 1.29 is 18.8 Å². The van der Waals surface area contributed by atoms with E-state index in [1.165, 1.54) is 36.4 Å². The Morgan fingerprint density at radius 3 is 2.55 bits per heavy atom. The molecule has 114 valence electrons. The number of carbonyl (C=O) groups excluding carboxylic acids is 1. The number of nitrogens with two attached hydrogens (primary N) is 1. The van der Waals surface area contributed by atoms with Crippen molar-refractivity contribution in [2.75, 3.05) is 0 Å². The number of hydrazine groups is 1. The normalized spacial score (nSPS) is 10.1. The molecule has 22 heavy (non-hydrogen) atoms. The highest BCUT2D eigenvalue weighted by Crippen LogP contribution is 2.25. The number of nitrogens with one attached hydrogen (secondary N) is 1. The van der Waals surface area contributed by atoms with Crippen molar-refractivity contribution in [2.24, 2.45) is 5.84 Å². The van der Waals surface area contributed by atoms with Crippen LogP contribution in [-0.4, -0.2) is 10.8 Å². The molecule has 0 saturated carbocycles. The number of amides is 1. The fraction of sp³-hybridized carbons (Fsp3) is 0.0714. The van der Waals surface area contributed by atoms with Crippen LogP contribution in [0.3, 0.4) is 0 Å². The molecule has 0 spiro atoms. The molecule has 0 fully saturated rings. The van der Waals surface area contributed by atoms with Gasteiger partial charge in [-0.15, -0.1) is 0 Å². The third-order valence-electron chi connectivity index (χ3n) is 2.86. The summed E-state index contributed by atoms with van der Waals surface area (Å²) < 4.78 is 18.3. The van der Waals surface area contributed by atoms with Gasteiger partial charge in [-0.25, -0.2) is 10.2 Å². The third-order valence-corrected chi connectivity index (χ3v) is 2.86. The standard InChI is InChI=1S/C14H12FN3O4/c15-10-3-1-9(2-4-10)8-22-13-6-5-11(18(20)21)7-12(13)14(19)17-16/h1-7H,8,16H2,(H,17,19). The number of ether oxygens (including phenoxy) is 1. The number of hydrogen-bond donors (Lipinski definition) is 2. The summed E-state index contributed by atoms with van der Waals surface area (Å²) in [5.74, 6) is 4.11. The number of carbonyl (C=O) groups is 1. The van der Waals surface area contributed by atoms with E-state index in [2.05, 4.69) is 0 Å². The molecule has 1 amide bonds. The molecule has 2 aromatic rings. The number of non-ortho nitro benzene ring substituents is 1. The van der Waals surface area contributed by atoms with Gasteiger partial charge in [0, 0.05) is 12.1 Å². The van der Waals surface area contributed by atoms with Gasteiger partial charge in [0.05, 0.1) is 10.5 Å². The van der Waals surface area contributed by atoms with Gasteiger partial charge >= 0.3 is 0 Å². The largest absolute Gasteiger partial charge is 0.488 e. The van der Waals surface area contributed by atoms with E-state index in [9.17, 15) is 19.3 Å². The third kappa shape index (κ3) is 3.55. The van der Waals surface area contributed by atoms with E-state index in [0.29, 0.717) is 5.56 Å². The number of benzene rings is 2. The van der Waals surface area contributed by atoms with Crippen molar-refractivity contribution in [1.29, 1.82) is 0 Å². The molecule has 0 atom stereocenters. The predicted octanol–water partition coefficient (Wildman–Crippen LogP) is 1.92. The minimum atomic E-state index is -0.710. The van der Waals surface area contributed by atoms with Gasteiger partial charge in [0.2, 0.25) is 0 Å². The second-order valence-corrected chi connectivity index (χ2v) is 4.33. The topological polar surface area (TPSA) is 107 Å². The predicted molar refractivity (Wildman–Crippen MR) is 75.5 cm³/mol. The van der Waals surface area contributed by atoms with E-state index < -0.39 is 10.8 Å². The average molecular weight is 305 g/mol. The monoisotopic (exact) mass is 305 g/mol. The SMILES string of the molecule is NNC(=O)c1cc([N+](=O)[O-])ccc1OCc1ccc(F)cc1. The maximum atomic E-state index is 12.8. The van der Waals surface area contributed by atoms with Crippen LogP contribution in [0.5, 0.6) is 5.75 Å². The zero-order valence-corrected chi connectivity index (χ0v) is 11.3. The Bertz CT molecular complexity index is 704. The zero-order chi connectivity index (χ0) is 16.1. The van der Waals surface area contributed by atoms with Gasteiger partial charge in [0.15, 0.2) is 0 Å². The van der Waals surface area contributed by atoms with Crippen molar-refractivity contribution in [3.8, 4) is 5.75 Å². The Balaban J connectivity index is 2.23. The average Bonchev–Trinajstić information content (AvgIpc) is 2.53. The van der Waals surface area contributed by atoms with Gasteiger partial charge in [-0.1, -0.05) is 12.1 Å². The van der Waals surface area contributed by atoms with Crippen LogP contribution in [0, 0.1) is 15.9 Å². The highest BCUT2D eigenvalue weighted by Gasteiger charge is 2.17. The lowest BCUT2D eigenvalue weighted by molar-refractivity contribution is -0.384. The lowest BCUT2D eigenvalue weighted by atomic mass is 10.1. The summed E-state index contributed by atoms with van der Waals surface area (Å²) in [5, 5.41) is 10.8. The fourth-order valence-electron chi connectivity index (χ4n) is 1.75. The molecular formula is C14H12FN3O4. The van der Waals surface area contributed by atoms with Crippen molar-refractivity contribution in [1.82, 2.24) is 5.43 Å². The van der Waals surface area contributed by atoms with Gasteiger partial charge < -0.3 is 4.74 Å². The summed E-state index contributed by atoms with van der Waals surface area (Å²) in [6.07, 6.45) is 0. The van der Waals surface area contributed by atoms with Crippen LogP contribution in [0.4, 0.5) is 10.1 Å². The summed E-state index contributed by atoms with van der Waals surface area (Å²) in [7, 11) is 0. The van der Waals surface area contributed by atoms with E-state index in [4.69, 9.17) is 10.6 Å². The molecule has 0 saturated heterocycles. The molecule has 7 nitrogen and oxygen atoms in total. The summed E-state index contributed by atoms with van der Waals surface area (Å²) in [6, 6.07) is 9.22. The van der Waals surface area contributed by atoms with Crippen LogP contribution < -0.4 is 16.0 Å². The molecular weight excluding hydrogens is 293 g/mol. The lowest BCUT2D eigenvalue weighted by Gasteiger charge is -2.10. The minimum absolute atomic E-state index is 0.0567. The summed E-state index contributed by atoms with van der Waals surface area (Å²) in [6.45, 7) is 0.0724. The first-order valence-corrected chi connectivity index (χ1v) is 6.18. The lowest BCUT2D eigenvalue weighted by Crippen LogP contribution is -2.30. The number of hydrogen-bond acceptors (Lipinski definition) is 5. The van der Waals surface area contributed by atoms with Crippen molar-refractivity contribution in [3.05, 3.63) is 69.5 Å². The molecule has 8 heteroatoms. The zero-order valence-electron chi connectivity index (χ0n) is 11.3. The Kier molecular flexibility index (Phi) is 4.64. The summed E-state index contributed by atoms with van der Waals surface area (Å²) in [5.41, 5.74) is 2.27. The van der Waals surface area contributed by atoms with Crippen LogP contribution in [-0.2, 0) is 6.61 Å². The van der Waals surface area contributed by atoms with E-state index >= 15 is 0 Å². The Hall–Kier alpha value is -3.00. The maximum Gasteiger partial charge on any atom is 0.270 e. The summed E-state index contributed by atoms with van der Waals surface area (Å²) >= 11 is 0. The van der Waals surface area contributed by atoms with E-state index in [1.807, 2.05) is 5.43 Å². The Morgan fingerprint density at radius 1 is 1.27 bits per heavy atom. The van der Waals surface area contributed by atoms with Crippen molar-refractivity contribution >= 4 is 11.6 Å². The second-order valence-electron chi connectivity index (χ2n) is 4.33. The number of halogens is 1. The van der Waals surface area contributed by atoms with E-state index in [-0.39, 0.29) is 29.4 Å². The first-order valence-electron chi connectivity index (χ1n) is 6.18. The molecule has 0 aromatic heterocycles. The van der Waals surface area contributed by atoms with Crippen LogP contribution in [0.2, 0.25) is 0 Å². The van der Waals surface area contributed by atoms with E-state index in [0.717, 1.165) is 6.07 Å². The molecule has 0 unspecified atom stereocenters. The van der Waals surface area contributed by atoms with Crippen molar-refractivity contribution in [3.63, 3.8) is 0 Å². The molecule has 0 bridgehead atoms. The van der Waals surface area contributed by atoms with Gasteiger partial charge in [0.1, 0.15) is 18.2 Å². The van der Waals surface area contributed by atoms with Crippen LogP contribution in [0.1, 0.15) is 15.9 Å². The van der Waals surface area contributed by atoms with E-state index in [1.54, 1.807) is 0 Å². The van der Waals surface area contributed by atoms with Crippen LogP contribution >= 0.6 is 0 Å². The Morgan fingerprint density at radius 2 is 1.95 bits per heavy atom. The highest BCUT2D eigenvalue weighted by atomic mass is 19.1. The molecule has 0 radical (unpaired) electrons. The second kappa shape index (κ2) is 6.64. The quantitative estimate of drug-likeness (QED) is 0.380. The van der Waals surface area contributed by atoms with Gasteiger partial charge in [-0.05, 0) is 23.8 Å². The van der Waals surface area contributed by atoms with Gasteiger partial charge in [-0.2, -0.15) is 0 Å². The first kappa shape index (κ1) is 15.4. The van der Waals surface area contributed by atoms with Gasteiger partial charge in [-0.3, -0.25) is 20.3 Å². The van der Waals surface area contributed by atoms with Crippen LogP contribution in [0.15, 0.2) is 42.5 Å². The fourth-order valence-corrected chi connectivity index (χ4v) is 1.75. The number of nitrogens with zero attached hydrogens (tertiary/aromatic N) is 1. The number of nitro benzene ring substituents is 1. The molecule has 0 aliphatic rings. The molecule has 0 aliphatic carbocycles. The molecule has 3 N–H and O–H groups in total. The molecule has 2 aromatic carbocycles. The Labute approximate surface area is 124 Å². The maximum absolute atomic E-state index is 12.8. The summed E-state index contributed by atoms with van der Waals surface area (Å²) in [4.78, 5) is 21.8. The highest BCUT2D eigenvalue weighted by molar-refractivity contribution is 5.97. The molecule has 0 aliphatic heterocycles. The van der Waals surface area contributed by atoms with Gasteiger partial charge in [0.25, 0.3) is 11.6 Å². The van der Waals surface area contributed by atoms with Crippen LogP contribution in [0.25, 0.3) is 0 Å². The molecule has 2 rings (SSSR count). The number of rotatable bonds is 5.